The smallest absolute Gasteiger partial charge is 0.175 e. The first kappa shape index (κ1) is 16.0. The van der Waals surface area contributed by atoms with Gasteiger partial charge >= 0.3 is 0 Å². The van der Waals surface area contributed by atoms with E-state index >= 15 is 0 Å². The molecule has 0 aromatic heterocycles. The van der Waals surface area contributed by atoms with E-state index in [9.17, 15) is 13.5 Å². The van der Waals surface area contributed by atoms with Crippen LogP contribution in [0, 0.1) is 0 Å². The molecule has 23 heavy (non-hydrogen) atoms. The molecule has 2 atom stereocenters. The molecular weight excluding hydrogens is 336 g/mol. The summed E-state index contributed by atoms with van der Waals surface area (Å²) < 4.78 is 23.0. The second kappa shape index (κ2) is 5.96. The molecule has 120 valence electrons. The number of hydrogen-bond acceptors (Lipinski definition) is 5. The van der Waals surface area contributed by atoms with E-state index in [4.69, 9.17) is 11.6 Å². The average molecular weight is 351 g/mol. The van der Waals surface area contributed by atoms with Crippen LogP contribution in [0.5, 0.6) is 0 Å². The number of sulfone groups is 1. The van der Waals surface area contributed by atoms with Gasteiger partial charge < -0.3 is 10.4 Å². The molecule has 3 rings (SSSR count). The topological polar surface area (TPSA) is 78.8 Å². The quantitative estimate of drug-likeness (QED) is 0.889. The molecule has 0 saturated heterocycles. The number of amidine groups is 1. The van der Waals surface area contributed by atoms with Gasteiger partial charge in [0.1, 0.15) is 5.84 Å². The Morgan fingerprint density at radius 2 is 1.70 bits per heavy atom. The van der Waals surface area contributed by atoms with E-state index in [0.29, 0.717) is 16.4 Å². The Hall–Kier alpha value is -1.89. The van der Waals surface area contributed by atoms with E-state index < -0.39 is 16.1 Å². The van der Waals surface area contributed by atoms with Crippen LogP contribution in [0.1, 0.15) is 17.2 Å². The summed E-state index contributed by atoms with van der Waals surface area (Å²) in [5.41, 5.74) is 1.58. The van der Waals surface area contributed by atoms with Gasteiger partial charge in [0.15, 0.2) is 16.1 Å². The Balaban J connectivity index is 1.83. The highest BCUT2D eigenvalue weighted by molar-refractivity contribution is 7.90. The number of nitrogens with one attached hydrogen (secondary N) is 1. The van der Waals surface area contributed by atoms with Gasteiger partial charge in [-0.25, -0.2) is 13.4 Å². The molecule has 2 N–H and O–H groups in total. The van der Waals surface area contributed by atoms with Crippen molar-refractivity contribution in [2.45, 2.75) is 17.2 Å². The maximum absolute atomic E-state index is 11.5. The van der Waals surface area contributed by atoms with Gasteiger partial charge in [0.25, 0.3) is 0 Å². The molecule has 2 aromatic rings. The van der Waals surface area contributed by atoms with Crippen molar-refractivity contribution in [3.63, 3.8) is 0 Å². The molecule has 0 fully saturated rings. The largest absolute Gasteiger partial charge is 0.369 e. The first-order valence-electron chi connectivity index (χ1n) is 6.93. The Labute approximate surface area is 139 Å². The van der Waals surface area contributed by atoms with E-state index in [1.54, 1.807) is 24.3 Å². The third kappa shape index (κ3) is 3.39. The van der Waals surface area contributed by atoms with Crippen molar-refractivity contribution in [1.29, 1.82) is 0 Å². The van der Waals surface area contributed by atoms with Gasteiger partial charge in [0, 0.05) is 16.8 Å². The maximum atomic E-state index is 11.5. The number of aliphatic hydroxyl groups is 1. The molecule has 0 amide bonds. The minimum atomic E-state index is -3.23. The molecular formula is C16H15ClN2O3S. The molecule has 0 aliphatic carbocycles. The lowest BCUT2D eigenvalue weighted by Crippen LogP contribution is -2.27. The van der Waals surface area contributed by atoms with Gasteiger partial charge in [-0.2, -0.15) is 0 Å². The SMILES string of the molecule is CS(=O)(=O)c1ccc(C2=NC(O)C(c3ccc(Cl)cc3)N2)cc1. The second-order valence-corrected chi connectivity index (χ2v) is 7.81. The summed E-state index contributed by atoms with van der Waals surface area (Å²) in [5, 5.41) is 13.9. The van der Waals surface area contributed by atoms with Crippen molar-refractivity contribution < 1.29 is 13.5 Å². The Morgan fingerprint density at radius 1 is 1.09 bits per heavy atom. The van der Waals surface area contributed by atoms with Crippen LogP contribution in [0.4, 0.5) is 0 Å². The van der Waals surface area contributed by atoms with Crippen molar-refractivity contribution in [1.82, 2.24) is 5.32 Å². The third-order valence-corrected chi connectivity index (χ3v) is 5.02. The lowest BCUT2D eigenvalue weighted by molar-refractivity contribution is 0.158. The van der Waals surface area contributed by atoms with Crippen LogP contribution in [0.2, 0.25) is 5.02 Å². The third-order valence-electron chi connectivity index (χ3n) is 3.64. The van der Waals surface area contributed by atoms with Gasteiger partial charge in [-0.1, -0.05) is 23.7 Å². The fourth-order valence-electron chi connectivity index (χ4n) is 2.41. The van der Waals surface area contributed by atoms with E-state index in [1.807, 2.05) is 12.1 Å². The van der Waals surface area contributed by atoms with Crippen LogP contribution < -0.4 is 5.32 Å². The van der Waals surface area contributed by atoms with Crippen molar-refractivity contribution in [2.24, 2.45) is 4.99 Å². The van der Waals surface area contributed by atoms with Crippen LogP contribution in [0.3, 0.4) is 0 Å². The van der Waals surface area contributed by atoms with Crippen LogP contribution in [0.15, 0.2) is 58.4 Å². The summed E-state index contributed by atoms with van der Waals surface area (Å²) in [6.45, 7) is 0. The van der Waals surface area contributed by atoms with Gasteiger partial charge in [0.2, 0.25) is 0 Å². The molecule has 0 saturated carbocycles. The maximum Gasteiger partial charge on any atom is 0.175 e. The van der Waals surface area contributed by atoms with Crippen LogP contribution in [-0.4, -0.2) is 31.8 Å². The van der Waals surface area contributed by atoms with Crippen molar-refractivity contribution in [3.05, 3.63) is 64.7 Å². The molecule has 1 aliphatic heterocycles. The van der Waals surface area contributed by atoms with Crippen LogP contribution in [0.25, 0.3) is 0 Å². The zero-order chi connectivity index (χ0) is 16.6. The molecule has 1 aliphatic rings. The standard InChI is InChI=1S/C16H15ClN2O3S/c1-23(21,22)13-8-4-11(5-9-13)15-18-14(16(20)19-15)10-2-6-12(17)7-3-10/h2-9,14,16,20H,1H3,(H,18,19). The Bertz CT molecular complexity index is 846. The molecule has 2 aromatic carbocycles. The lowest BCUT2D eigenvalue weighted by Gasteiger charge is -2.15. The normalized spacial score (nSPS) is 20.9. The van der Waals surface area contributed by atoms with Crippen molar-refractivity contribution in [3.8, 4) is 0 Å². The molecule has 5 nitrogen and oxygen atoms in total. The van der Waals surface area contributed by atoms with Gasteiger partial charge in [0.05, 0.1) is 10.9 Å². The Kier molecular flexibility index (Phi) is 4.14. The van der Waals surface area contributed by atoms with Gasteiger partial charge in [-0.15, -0.1) is 0 Å². The summed E-state index contributed by atoms with van der Waals surface area (Å²) in [7, 11) is -3.23. The number of hydrogen-bond donors (Lipinski definition) is 2. The number of aliphatic imine (C=N–C) groups is 1. The minimum Gasteiger partial charge on any atom is -0.369 e. The monoisotopic (exact) mass is 350 g/mol. The Morgan fingerprint density at radius 3 is 2.26 bits per heavy atom. The van der Waals surface area contributed by atoms with E-state index in [2.05, 4.69) is 10.3 Å². The van der Waals surface area contributed by atoms with E-state index in [0.717, 1.165) is 11.8 Å². The summed E-state index contributed by atoms with van der Waals surface area (Å²) in [5.74, 6) is 0.525. The zero-order valence-corrected chi connectivity index (χ0v) is 13.8. The fourth-order valence-corrected chi connectivity index (χ4v) is 3.17. The highest BCUT2D eigenvalue weighted by Crippen LogP contribution is 2.25. The predicted molar refractivity (Wildman–Crippen MR) is 89.4 cm³/mol. The molecule has 0 radical (unpaired) electrons. The number of aliphatic hydroxyl groups excluding tert-OH is 1. The minimum absolute atomic E-state index is 0.245. The second-order valence-electron chi connectivity index (χ2n) is 5.36. The summed E-state index contributed by atoms with van der Waals surface area (Å²) in [6.07, 6.45) is 0.244. The summed E-state index contributed by atoms with van der Waals surface area (Å²) >= 11 is 5.87. The molecule has 0 bridgehead atoms. The fraction of sp³-hybridized carbons (Fsp3) is 0.188. The lowest BCUT2D eigenvalue weighted by atomic mass is 10.1. The number of halogens is 1. The highest BCUT2D eigenvalue weighted by atomic mass is 35.5. The number of nitrogens with zero attached hydrogens (tertiary/aromatic N) is 1. The highest BCUT2D eigenvalue weighted by Gasteiger charge is 2.28. The average Bonchev–Trinajstić information content (AvgIpc) is 2.89. The van der Waals surface area contributed by atoms with Crippen LogP contribution >= 0.6 is 11.6 Å². The summed E-state index contributed by atoms with van der Waals surface area (Å²) in [6, 6.07) is 13.2. The molecule has 2 unspecified atom stereocenters. The van der Waals surface area contributed by atoms with Gasteiger partial charge in [-0.3, -0.25) is 0 Å². The van der Waals surface area contributed by atoms with Crippen molar-refractivity contribution in [2.75, 3.05) is 6.26 Å². The first-order valence-corrected chi connectivity index (χ1v) is 9.20. The first-order chi connectivity index (χ1) is 10.8. The number of rotatable bonds is 3. The molecule has 7 heteroatoms. The molecule has 1 heterocycles. The zero-order valence-electron chi connectivity index (χ0n) is 12.3. The number of benzene rings is 2. The predicted octanol–water partition coefficient (Wildman–Crippen LogP) is 2.15. The molecule has 0 spiro atoms. The summed E-state index contributed by atoms with van der Waals surface area (Å²) in [4.78, 5) is 4.45. The van der Waals surface area contributed by atoms with Gasteiger partial charge in [-0.05, 0) is 42.0 Å². The van der Waals surface area contributed by atoms with Crippen molar-refractivity contribution >= 4 is 27.3 Å². The van der Waals surface area contributed by atoms with E-state index in [1.165, 1.54) is 12.1 Å². The van der Waals surface area contributed by atoms with Crippen LogP contribution in [-0.2, 0) is 9.84 Å². The van der Waals surface area contributed by atoms with E-state index in [-0.39, 0.29) is 10.9 Å².